The first-order valence-corrected chi connectivity index (χ1v) is 10.7. The maximum Gasteiger partial charge on any atom is 0.308 e. The van der Waals surface area contributed by atoms with Crippen molar-refractivity contribution < 1.29 is 8.42 Å². The fourth-order valence-corrected chi connectivity index (χ4v) is 5.22. The normalized spacial score (nSPS) is 12.4. The van der Waals surface area contributed by atoms with Crippen molar-refractivity contribution in [1.82, 2.24) is 8.87 Å². The summed E-state index contributed by atoms with van der Waals surface area (Å²) in [5.74, 6) is 0. The van der Waals surface area contributed by atoms with Crippen LogP contribution in [0.15, 0.2) is 52.2 Å². The third-order valence-corrected chi connectivity index (χ3v) is 7.10. The molecule has 0 saturated heterocycles. The van der Waals surface area contributed by atoms with E-state index in [1.165, 1.54) is 11.4 Å². The van der Waals surface area contributed by atoms with E-state index in [4.69, 9.17) is 11.6 Å². The van der Waals surface area contributed by atoms with Gasteiger partial charge in [0, 0.05) is 24.7 Å². The lowest BCUT2D eigenvalue weighted by molar-refractivity contribution is 0.467. The number of hydrogen-bond donors (Lipinski definition) is 0. The van der Waals surface area contributed by atoms with Gasteiger partial charge in [0.1, 0.15) is 0 Å². The van der Waals surface area contributed by atoms with Gasteiger partial charge in [-0.25, -0.2) is 8.42 Å². The molecular formula is C18H19ClN2O3S2. The van der Waals surface area contributed by atoms with E-state index in [1.54, 1.807) is 47.0 Å². The summed E-state index contributed by atoms with van der Waals surface area (Å²) in [6.45, 7) is 4.09. The van der Waals surface area contributed by atoms with Gasteiger partial charge in [-0.15, -0.1) is 0 Å². The van der Waals surface area contributed by atoms with Crippen molar-refractivity contribution in [2.75, 3.05) is 7.05 Å². The lowest BCUT2D eigenvalue weighted by atomic mass is 10.2. The van der Waals surface area contributed by atoms with Crippen molar-refractivity contribution in [1.29, 1.82) is 0 Å². The number of thiazole rings is 1. The number of fused-ring (bicyclic) bond motifs is 1. The first-order valence-electron chi connectivity index (χ1n) is 8.06. The number of sulfonamides is 1. The molecule has 1 heterocycles. The monoisotopic (exact) mass is 410 g/mol. The Morgan fingerprint density at radius 1 is 1.15 bits per heavy atom. The molecule has 0 unspecified atom stereocenters. The fraction of sp³-hybridized carbons (Fsp3) is 0.278. The predicted molar refractivity (Wildman–Crippen MR) is 107 cm³/mol. The van der Waals surface area contributed by atoms with E-state index in [0.29, 0.717) is 9.72 Å². The summed E-state index contributed by atoms with van der Waals surface area (Å²) in [4.78, 5) is 12.2. The molecule has 0 saturated carbocycles. The maximum atomic E-state index is 12.9. The van der Waals surface area contributed by atoms with Gasteiger partial charge in [-0.3, -0.25) is 9.36 Å². The second-order valence-corrected chi connectivity index (χ2v) is 9.82. The Labute approximate surface area is 161 Å². The van der Waals surface area contributed by atoms with Crippen LogP contribution in [0.4, 0.5) is 0 Å². The minimum Gasteiger partial charge on any atom is -0.296 e. The Hall–Kier alpha value is -1.67. The lowest BCUT2D eigenvalue weighted by Gasteiger charge is -2.17. The number of nitrogens with zero attached hydrogens (tertiary/aromatic N) is 2. The Morgan fingerprint density at radius 2 is 1.81 bits per heavy atom. The highest BCUT2D eigenvalue weighted by Crippen LogP contribution is 2.26. The smallest absolute Gasteiger partial charge is 0.296 e. The zero-order chi connectivity index (χ0) is 19.1. The Balaban J connectivity index is 1.96. The predicted octanol–water partition coefficient (Wildman–Crippen LogP) is 4.12. The SMILES string of the molecule is CC(C)n1c(=O)sc2cc(S(=O)(=O)N(C)Cc3ccc(Cl)cc3)ccc21. The van der Waals surface area contributed by atoms with E-state index in [9.17, 15) is 13.2 Å². The van der Waals surface area contributed by atoms with E-state index < -0.39 is 10.0 Å². The molecule has 0 aliphatic heterocycles. The third kappa shape index (κ3) is 3.57. The lowest BCUT2D eigenvalue weighted by Crippen LogP contribution is -2.26. The van der Waals surface area contributed by atoms with Crippen molar-refractivity contribution in [2.24, 2.45) is 0 Å². The van der Waals surface area contributed by atoms with Gasteiger partial charge < -0.3 is 0 Å². The summed E-state index contributed by atoms with van der Waals surface area (Å²) in [6.07, 6.45) is 0. The summed E-state index contributed by atoms with van der Waals surface area (Å²) in [6, 6.07) is 11.9. The molecule has 0 aliphatic rings. The van der Waals surface area contributed by atoms with Crippen LogP contribution < -0.4 is 4.87 Å². The highest BCUT2D eigenvalue weighted by atomic mass is 35.5. The van der Waals surface area contributed by atoms with Gasteiger partial charge in [-0.2, -0.15) is 4.31 Å². The van der Waals surface area contributed by atoms with Crippen LogP contribution in [0, 0.1) is 0 Å². The first kappa shape index (κ1) is 19.1. The van der Waals surface area contributed by atoms with Gasteiger partial charge in [0.25, 0.3) is 0 Å². The van der Waals surface area contributed by atoms with Crippen LogP contribution in [0.1, 0.15) is 25.5 Å². The van der Waals surface area contributed by atoms with Crippen molar-refractivity contribution >= 4 is 43.2 Å². The minimum atomic E-state index is -3.67. The number of hydrogen-bond acceptors (Lipinski definition) is 4. The molecule has 138 valence electrons. The van der Waals surface area contributed by atoms with Gasteiger partial charge in [0.2, 0.25) is 10.0 Å². The molecule has 2 aromatic carbocycles. The molecule has 8 heteroatoms. The summed E-state index contributed by atoms with van der Waals surface area (Å²) in [7, 11) is -2.13. The molecule has 0 aliphatic carbocycles. The molecular weight excluding hydrogens is 392 g/mol. The standard InChI is InChI=1S/C18H19ClN2O3S2/c1-12(2)21-16-9-8-15(10-17(16)25-18(21)22)26(23,24)20(3)11-13-4-6-14(19)7-5-13/h4-10,12H,11H2,1-3H3. The molecule has 3 rings (SSSR count). The van der Waals surface area contributed by atoms with Crippen molar-refractivity contribution in [2.45, 2.75) is 31.3 Å². The average Bonchev–Trinajstić information content (AvgIpc) is 2.91. The largest absolute Gasteiger partial charge is 0.308 e. The average molecular weight is 411 g/mol. The van der Waals surface area contributed by atoms with Crippen LogP contribution in [0.2, 0.25) is 5.02 Å². The summed E-state index contributed by atoms with van der Waals surface area (Å²) in [5, 5.41) is 0.606. The molecule has 0 atom stereocenters. The number of aromatic nitrogens is 1. The molecule has 0 fully saturated rings. The molecule has 3 aromatic rings. The van der Waals surface area contributed by atoms with Crippen LogP contribution in [-0.4, -0.2) is 24.3 Å². The Kier molecular flexibility index (Phi) is 5.25. The van der Waals surface area contributed by atoms with Gasteiger partial charge in [0.15, 0.2) is 0 Å². The van der Waals surface area contributed by atoms with Crippen LogP contribution in [-0.2, 0) is 16.6 Å². The zero-order valence-corrected chi connectivity index (χ0v) is 17.0. The molecule has 1 aromatic heterocycles. The Bertz CT molecular complexity index is 1100. The van der Waals surface area contributed by atoms with Gasteiger partial charge >= 0.3 is 4.87 Å². The van der Waals surface area contributed by atoms with Crippen molar-refractivity contribution in [3.63, 3.8) is 0 Å². The third-order valence-electron chi connectivity index (χ3n) is 4.13. The van der Waals surface area contributed by atoms with E-state index in [2.05, 4.69) is 0 Å². The van der Waals surface area contributed by atoms with Crippen molar-refractivity contribution in [3.8, 4) is 0 Å². The summed E-state index contributed by atoms with van der Waals surface area (Å²) in [5.41, 5.74) is 1.60. The Morgan fingerprint density at radius 3 is 2.42 bits per heavy atom. The van der Waals surface area contributed by atoms with Crippen molar-refractivity contribution in [3.05, 3.63) is 62.7 Å². The minimum absolute atomic E-state index is 0.0197. The van der Waals surface area contributed by atoms with Gasteiger partial charge in [0.05, 0.1) is 15.1 Å². The number of halogens is 1. The van der Waals surface area contributed by atoms with Crippen LogP contribution in [0.25, 0.3) is 10.2 Å². The fourth-order valence-electron chi connectivity index (χ4n) is 2.78. The van der Waals surface area contributed by atoms with E-state index in [0.717, 1.165) is 22.4 Å². The molecule has 0 spiro atoms. The van der Waals surface area contributed by atoms with Crippen LogP contribution >= 0.6 is 22.9 Å². The first-order chi connectivity index (χ1) is 12.2. The quantitative estimate of drug-likeness (QED) is 0.635. The maximum absolute atomic E-state index is 12.9. The van der Waals surface area contributed by atoms with Gasteiger partial charge in [-0.05, 0) is 49.7 Å². The topological polar surface area (TPSA) is 59.4 Å². The number of rotatable bonds is 5. The summed E-state index contributed by atoms with van der Waals surface area (Å²) < 4.78 is 29.4. The molecule has 0 amide bonds. The zero-order valence-electron chi connectivity index (χ0n) is 14.6. The van der Waals surface area contributed by atoms with E-state index in [1.807, 2.05) is 13.8 Å². The highest BCUT2D eigenvalue weighted by molar-refractivity contribution is 7.89. The van der Waals surface area contributed by atoms with E-state index >= 15 is 0 Å². The molecule has 5 nitrogen and oxygen atoms in total. The van der Waals surface area contributed by atoms with E-state index in [-0.39, 0.29) is 22.4 Å². The second-order valence-electron chi connectivity index (χ2n) is 6.35. The molecule has 26 heavy (non-hydrogen) atoms. The number of benzene rings is 2. The van der Waals surface area contributed by atoms with Crippen LogP contribution in [0.3, 0.4) is 0 Å². The van der Waals surface area contributed by atoms with Gasteiger partial charge in [-0.1, -0.05) is 35.1 Å². The summed E-state index contributed by atoms with van der Waals surface area (Å²) >= 11 is 6.93. The highest BCUT2D eigenvalue weighted by Gasteiger charge is 2.22. The molecule has 0 N–H and O–H groups in total. The molecule has 0 radical (unpaired) electrons. The van der Waals surface area contributed by atoms with Crippen LogP contribution in [0.5, 0.6) is 0 Å². The second kappa shape index (κ2) is 7.15. The molecule has 0 bridgehead atoms.